The Bertz CT molecular complexity index is 1210. The largest absolute Gasteiger partial charge is 0.395 e. The van der Waals surface area contributed by atoms with Gasteiger partial charge in [-0.25, -0.2) is 9.97 Å². The molecule has 1 saturated carbocycles. The Morgan fingerprint density at radius 2 is 1.84 bits per heavy atom. The molecule has 0 bridgehead atoms. The van der Waals surface area contributed by atoms with E-state index in [2.05, 4.69) is 15.6 Å². The molecular weight excluding hydrogens is 390 g/mol. The third-order valence-corrected chi connectivity index (χ3v) is 5.32. The minimum atomic E-state index is -0.0294. The summed E-state index contributed by atoms with van der Waals surface area (Å²) in [5.41, 5.74) is 4.97. The third kappa shape index (κ3) is 4.00. The summed E-state index contributed by atoms with van der Waals surface area (Å²) in [7, 11) is 0. The second kappa shape index (κ2) is 8.20. The first kappa shape index (κ1) is 19.3. The maximum atomic E-state index is 12.3. The quantitative estimate of drug-likeness (QED) is 0.432. The predicted octanol–water partition coefficient (Wildman–Crippen LogP) is 3.36. The molecule has 2 aromatic carbocycles. The highest BCUT2D eigenvalue weighted by Crippen LogP contribution is 2.28. The Morgan fingerprint density at radius 1 is 1.06 bits per heavy atom. The number of aromatic nitrogens is 3. The zero-order valence-electron chi connectivity index (χ0n) is 17.0. The monoisotopic (exact) mass is 413 g/mol. The van der Waals surface area contributed by atoms with Gasteiger partial charge >= 0.3 is 0 Å². The number of carbonyl (C=O) groups is 1. The van der Waals surface area contributed by atoms with Gasteiger partial charge in [-0.05, 0) is 25.0 Å². The SMILES string of the molecule is O=C(NC1CC1)c1ccc(-c2cnc3c(NCCO)nc(-c4ccccc4)cn23)cc1. The van der Waals surface area contributed by atoms with Crippen LogP contribution in [0.1, 0.15) is 23.2 Å². The molecule has 31 heavy (non-hydrogen) atoms. The van der Waals surface area contributed by atoms with Crippen molar-refractivity contribution in [3.63, 3.8) is 0 Å². The molecule has 0 atom stereocenters. The van der Waals surface area contributed by atoms with E-state index in [0.717, 1.165) is 35.4 Å². The van der Waals surface area contributed by atoms with Crippen LogP contribution in [0.25, 0.3) is 28.2 Å². The molecule has 1 amide bonds. The van der Waals surface area contributed by atoms with E-state index < -0.39 is 0 Å². The van der Waals surface area contributed by atoms with Gasteiger partial charge in [0.15, 0.2) is 11.5 Å². The first-order valence-electron chi connectivity index (χ1n) is 10.4. The van der Waals surface area contributed by atoms with Gasteiger partial charge in [0.2, 0.25) is 0 Å². The Hall–Kier alpha value is -3.71. The number of nitrogens with one attached hydrogen (secondary N) is 2. The number of fused-ring (bicyclic) bond motifs is 1. The second-order valence-electron chi connectivity index (χ2n) is 7.65. The van der Waals surface area contributed by atoms with Crippen molar-refractivity contribution in [3.8, 4) is 22.5 Å². The lowest BCUT2D eigenvalue weighted by molar-refractivity contribution is 0.0951. The maximum Gasteiger partial charge on any atom is 0.251 e. The summed E-state index contributed by atoms with van der Waals surface area (Å²) in [6.07, 6.45) is 5.90. The number of imidazole rings is 1. The maximum absolute atomic E-state index is 12.3. The lowest BCUT2D eigenvalue weighted by Crippen LogP contribution is -2.25. The van der Waals surface area contributed by atoms with Gasteiger partial charge in [0.05, 0.1) is 24.2 Å². The lowest BCUT2D eigenvalue weighted by atomic mass is 10.1. The van der Waals surface area contributed by atoms with Crippen LogP contribution in [0.5, 0.6) is 0 Å². The molecule has 0 unspecified atom stereocenters. The van der Waals surface area contributed by atoms with Gasteiger partial charge in [0, 0.05) is 35.5 Å². The van der Waals surface area contributed by atoms with Crippen LogP contribution in [0.2, 0.25) is 0 Å². The fraction of sp³-hybridized carbons (Fsp3) is 0.208. The molecule has 1 aliphatic rings. The van der Waals surface area contributed by atoms with Crippen LogP contribution in [0.3, 0.4) is 0 Å². The van der Waals surface area contributed by atoms with Crippen molar-refractivity contribution in [2.45, 2.75) is 18.9 Å². The third-order valence-electron chi connectivity index (χ3n) is 5.32. The molecule has 2 heterocycles. The molecule has 4 aromatic rings. The number of carbonyl (C=O) groups excluding carboxylic acids is 1. The van der Waals surface area contributed by atoms with Gasteiger partial charge in [-0.3, -0.25) is 9.20 Å². The fourth-order valence-corrected chi connectivity index (χ4v) is 3.53. The molecule has 7 nitrogen and oxygen atoms in total. The van der Waals surface area contributed by atoms with Crippen molar-refractivity contribution < 1.29 is 9.90 Å². The van der Waals surface area contributed by atoms with E-state index >= 15 is 0 Å². The molecular formula is C24H23N5O2. The van der Waals surface area contributed by atoms with Crippen LogP contribution in [0.15, 0.2) is 67.0 Å². The zero-order valence-corrected chi connectivity index (χ0v) is 17.0. The van der Waals surface area contributed by atoms with E-state index in [9.17, 15) is 9.90 Å². The molecule has 5 rings (SSSR count). The van der Waals surface area contributed by atoms with Gasteiger partial charge in [0.1, 0.15) is 0 Å². The first-order chi connectivity index (χ1) is 15.2. The fourth-order valence-electron chi connectivity index (χ4n) is 3.53. The Kier molecular flexibility index (Phi) is 5.09. The Morgan fingerprint density at radius 3 is 2.55 bits per heavy atom. The summed E-state index contributed by atoms with van der Waals surface area (Å²) >= 11 is 0. The smallest absolute Gasteiger partial charge is 0.251 e. The van der Waals surface area contributed by atoms with Crippen molar-refractivity contribution in [3.05, 3.63) is 72.6 Å². The van der Waals surface area contributed by atoms with E-state index in [0.29, 0.717) is 29.6 Å². The summed E-state index contributed by atoms with van der Waals surface area (Å²) in [5, 5.41) is 15.4. The Balaban J connectivity index is 1.54. The number of hydrogen-bond acceptors (Lipinski definition) is 5. The molecule has 156 valence electrons. The van der Waals surface area contributed by atoms with Crippen LogP contribution in [0.4, 0.5) is 5.82 Å². The molecule has 1 aliphatic carbocycles. The average molecular weight is 413 g/mol. The van der Waals surface area contributed by atoms with Crippen molar-refractivity contribution in [2.24, 2.45) is 0 Å². The number of aliphatic hydroxyl groups excluding tert-OH is 1. The van der Waals surface area contributed by atoms with Gasteiger partial charge in [-0.2, -0.15) is 0 Å². The summed E-state index contributed by atoms with van der Waals surface area (Å²) in [6, 6.07) is 17.8. The van der Waals surface area contributed by atoms with Crippen molar-refractivity contribution in [2.75, 3.05) is 18.5 Å². The van der Waals surface area contributed by atoms with E-state index in [-0.39, 0.29) is 12.5 Å². The van der Waals surface area contributed by atoms with Gasteiger partial charge in [-0.15, -0.1) is 0 Å². The molecule has 1 fully saturated rings. The summed E-state index contributed by atoms with van der Waals surface area (Å²) in [6.45, 7) is 0.384. The van der Waals surface area contributed by atoms with E-state index in [1.54, 1.807) is 6.20 Å². The van der Waals surface area contributed by atoms with Crippen molar-refractivity contribution in [1.82, 2.24) is 19.7 Å². The number of benzene rings is 2. The second-order valence-corrected chi connectivity index (χ2v) is 7.65. The molecule has 2 aromatic heterocycles. The normalized spacial score (nSPS) is 13.3. The first-order valence-corrected chi connectivity index (χ1v) is 10.4. The van der Waals surface area contributed by atoms with E-state index in [1.165, 1.54) is 0 Å². The highest BCUT2D eigenvalue weighted by molar-refractivity contribution is 5.95. The highest BCUT2D eigenvalue weighted by atomic mass is 16.3. The number of rotatable bonds is 7. The van der Waals surface area contributed by atoms with Crippen LogP contribution >= 0.6 is 0 Å². The summed E-state index contributed by atoms with van der Waals surface area (Å²) in [4.78, 5) is 21.6. The highest BCUT2D eigenvalue weighted by Gasteiger charge is 2.23. The summed E-state index contributed by atoms with van der Waals surface area (Å²) < 4.78 is 1.99. The molecule has 0 radical (unpaired) electrons. The van der Waals surface area contributed by atoms with Crippen LogP contribution < -0.4 is 10.6 Å². The lowest BCUT2D eigenvalue weighted by Gasteiger charge is -2.11. The molecule has 3 N–H and O–H groups in total. The number of aliphatic hydroxyl groups is 1. The van der Waals surface area contributed by atoms with Gasteiger partial charge in [0.25, 0.3) is 5.91 Å². The van der Waals surface area contributed by atoms with Gasteiger partial charge < -0.3 is 15.7 Å². The Labute approximate surface area is 179 Å². The van der Waals surface area contributed by atoms with Crippen molar-refractivity contribution >= 4 is 17.4 Å². The summed E-state index contributed by atoms with van der Waals surface area (Å²) in [5.74, 6) is 0.584. The van der Waals surface area contributed by atoms with Gasteiger partial charge in [-0.1, -0.05) is 42.5 Å². The van der Waals surface area contributed by atoms with Crippen LogP contribution in [0, 0.1) is 0 Å². The minimum absolute atomic E-state index is 0.00134. The van der Waals surface area contributed by atoms with E-state index in [1.807, 2.05) is 65.2 Å². The predicted molar refractivity (Wildman–Crippen MR) is 120 cm³/mol. The average Bonchev–Trinajstić information content (AvgIpc) is 3.53. The molecule has 0 saturated heterocycles. The number of anilines is 1. The number of nitrogens with zero attached hydrogens (tertiary/aromatic N) is 3. The molecule has 7 heteroatoms. The number of amides is 1. The van der Waals surface area contributed by atoms with Crippen LogP contribution in [-0.2, 0) is 0 Å². The number of hydrogen-bond donors (Lipinski definition) is 3. The van der Waals surface area contributed by atoms with Crippen LogP contribution in [-0.4, -0.2) is 44.6 Å². The molecule has 0 aliphatic heterocycles. The standard InChI is InChI=1S/C24H23N5O2/c30-13-12-25-22-23-26-14-21(29(23)15-20(28-22)16-4-2-1-3-5-16)17-6-8-18(9-7-17)24(31)27-19-10-11-19/h1-9,14-15,19,30H,10-13H2,(H,25,28)(H,27,31). The zero-order chi connectivity index (χ0) is 21.2. The molecule has 0 spiro atoms. The van der Waals surface area contributed by atoms with E-state index in [4.69, 9.17) is 4.98 Å². The van der Waals surface area contributed by atoms with Crippen molar-refractivity contribution in [1.29, 1.82) is 0 Å². The topological polar surface area (TPSA) is 91.5 Å². The minimum Gasteiger partial charge on any atom is -0.395 e.